The molecule has 2 amide bonds. The Kier molecular flexibility index (Phi) is 4.95. The number of halogens is 1. The maximum atomic E-state index is 14.9. The predicted octanol–water partition coefficient (Wildman–Crippen LogP) is 2.58. The predicted molar refractivity (Wildman–Crippen MR) is 163 cm³/mol. The molecule has 5 aliphatic rings. The number of alkyl carbamates (subject to hydrolysis) is 1. The van der Waals surface area contributed by atoms with Crippen molar-refractivity contribution in [3.63, 3.8) is 0 Å². The van der Waals surface area contributed by atoms with Crippen molar-refractivity contribution >= 4 is 51.5 Å². The molecule has 4 aromatic rings. The number of aryl methyl sites for hydroxylation is 1. The van der Waals surface area contributed by atoms with E-state index in [1.807, 2.05) is 11.8 Å². The Morgan fingerprint density at radius 2 is 2.00 bits per heavy atom. The van der Waals surface area contributed by atoms with E-state index < -0.39 is 47.9 Å². The Hall–Kier alpha value is -4.69. The first-order valence-electron chi connectivity index (χ1n) is 17.0. The van der Waals surface area contributed by atoms with E-state index in [0.717, 1.165) is 0 Å². The summed E-state index contributed by atoms with van der Waals surface area (Å²) < 4.78 is 56.0. The fourth-order valence-electron chi connectivity index (χ4n) is 7.54. The third kappa shape index (κ3) is 4.05. The van der Waals surface area contributed by atoms with Gasteiger partial charge in [0.2, 0.25) is 5.91 Å². The van der Waals surface area contributed by atoms with Gasteiger partial charge in [-0.05, 0) is 43.7 Å². The zero-order valence-electron chi connectivity index (χ0n) is 28.7. The molecule has 4 unspecified atom stereocenters. The number of aromatic nitrogens is 6. The Morgan fingerprint density at radius 1 is 1.20 bits per heavy atom. The lowest BCUT2D eigenvalue weighted by atomic mass is 9.83. The van der Waals surface area contributed by atoms with Gasteiger partial charge in [0.05, 0.1) is 37.6 Å². The standard InChI is InChI=1S/C30H35FN10O4/c1-15-10-30(15,26(32)42)41-24-19(25(37-41)39-14-29(31)11-18(39)12-29)6-7-22(36-24)35-23-9-20-21(13-33-23)38(2)28(44)40(20)17-5-4-16(8-17)34-27(43)45-3/h6-7,9,13,15-18H,4-5,8,10-12,14H2,1-3H3,(H2,32,42)(H,34,43)(H,33,35,36)/i2D3,16D. The molecule has 5 fully saturated rings. The van der Waals surface area contributed by atoms with Crippen LogP contribution in [0.1, 0.15) is 57.0 Å². The maximum absolute atomic E-state index is 14.9. The fraction of sp³-hybridized carbons (Fsp3) is 0.533. The number of nitrogens with two attached hydrogens (primary N) is 1. The van der Waals surface area contributed by atoms with Crippen LogP contribution in [-0.4, -0.2) is 72.3 Å². The van der Waals surface area contributed by atoms with E-state index in [2.05, 4.69) is 20.4 Å². The summed E-state index contributed by atoms with van der Waals surface area (Å²) in [6.07, 6.45) is 2.44. The molecule has 6 heterocycles. The molecule has 4 N–H and O–H groups in total. The van der Waals surface area contributed by atoms with Crippen molar-refractivity contribution < 1.29 is 24.2 Å². The molecule has 0 spiro atoms. The lowest BCUT2D eigenvalue weighted by Crippen LogP contribution is -2.37. The highest BCUT2D eigenvalue weighted by molar-refractivity contribution is 5.94. The van der Waals surface area contributed by atoms with Gasteiger partial charge < -0.3 is 26.0 Å². The number of nitrogens with one attached hydrogen (secondary N) is 2. The van der Waals surface area contributed by atoms with Crippen molar-refractivity contribution in [2.24, 2.45) is 18.6 Å². The molecule has 4 aromatic heterocycles. The maximum Gasteiger partial charge on any atom is 0.407 e. The number of pyridine rings is 2. The summed E-state index contributed by atoms with van der Waals surface area (Å²) in [5.74, 6) is 0.509. The monoisotopic (exact) mass is 622 g/mol. The van der Waals surface area contributed by atoms with Crippen molar-refractivity contribution in [1.29, 1.82) is 0 Å². The fourth-order valence-corrected chi connectivity index (χ4v) is 7.54. The van der Waals surface area contributed by atoms with E-state index in [0.29, 0.717) is 52.9 Å². The number of anilines is 3. The third-order valence-corrected chi connectivity index (χ3v) is 10.1. The first kappa shape index (κ1) is 23.7. The number of carbonyl (C=O) groups excluding carboxylic acids is 2. The number of alkyl halides is 1. The van der Waals surface area contributed by atoms with Crippen LogP contribution in [0, 0.1) is 5.92 Å². The number of hydrogen-bond donors (Lipinski definition) is 3. The average molecular weight is 623 g/mol. The second-order valence-electron chi connectivity index (χ2n) is 12.8. The van der Waals surface area contributed by atoms with Gasteiger partial charge in [-0.2, -0.15) is 5.10 Å². The van der Waals surface area contributed by atoms with Crippen molar-refractivity contribution in [3.8, 4) is 0 Å². The first-order valence-corrected chi connectivity index (χ1v) is 15.0. The van der Waals surface area contributed by atoms with Gasteiger partial charge in [-0.15, -0.1) is 0 Å². The van der Waals surface area contributed by atoms with E-state index in [1.54, 1.807) is 16.8 Å². The molecule has 236 valence electrons. The number of primary amides is 1. The minimum Gasteiger partial charge on any atom is -0.453 e. The van der Waals surface area contributed by atoms with Crippen LogP contribution in [0.5, 0.6) is 0 Å². The van der Waals surface area contributed by atoms with E-state index in [9.17, 15) is 18.8 Å². The van der Waals surface area contributed by atoms with Crippen LogP contribution in [0.15, 0.2) is 29.2 Å². The van der Waals surface area contributed by atoms with Crippen LogP contribution in [0.3, 0.4) is 0 Å². The van der Waals surface area contributed by atoms with E-state index in [-0.39, 0.29) is 48.2 Å². The van der Waals surface area contributed by atoms with Gasteiger partial charge in [0.1, 0.15) is 22.8 Å². The number of rotatable bonds is 7. The lowest BCUT2D eigenvalue weighted by Gasteiger charge is -2.29. The molecular weight excluding hydrogens is 583 g/mol. The summed E-state index contributed by atoms with van der Waals surface area (Å²) in [6, 6.07) is 3.04. The molecule has 9 rings (SSSR count). The number of methoxy groups -OCH3 is 1. The Morgan fingerprint density at radius 3 is 2.67 bits per heavy atom. The van der Waals surface area contributed by atoms with E-state index >= 15 is 0 Å². The zero-order chi connectivity index (χ0) is 34.8. The Bertz CT molecular complexity index is 2130. The Balaban J connectivity index is 1.19. The molecule has 0 radical (unpaired) electrons. The smallest absolute Gasteiger partial charge is 0.407 e. The van der Waals surface area contributed by atoms with Gasteiger partial charge in [0, 0.05) is 48.1 Å². The molecule has 3 aliphatic carbocycles. The second-order valence-corrected chi connectivity index (χ2v) is 12.8. The summed E-state index contributed by atoms with van der Waals surface area (Å²) in [4.78, 5) is 49.5. The van der Waals surface area contributed by atoms with Crippen LogP contribution >= 0.6 is 0 Å². The molecule has 45 heavy (non-hydrogen) atoms. The highest BCUT2D eigenvalue weighted by atomic mass is 19.1. The second kappa shape index (κ2) is 9.41. The number of hydrogen-bond acceptors (Lipinski definition) is 9. The van der Waals surface area contributed by atoms with Gasteiger partial charge in [0.15, 0.2) is 11.5 Å². The molecule has 3 saturated carbocycles. The highest BCUT2D eigenvalue weighted by Gasteiger charge is 2.61. The molecule has 4 atom stereocenters. The third-order valence-electron chi connectivity index (χ3n) is 10.1. The van der Waals surface area contributed by atoms with Gasteiger partial charge in [-0.1, -0.05) is 6.92 Å². The summed E-state index contributed by atoms with van der Waals surface area (Å²) in [6.45, 7) is -0.686. The van der Waals surface area contributed by atoms with Crippen LogP contribution < -0.4 is 27.0 Å². The van der Waals surface area contributed by atoms with Gasteiger partial charge in [-0.3, -0.25) is 13.9 Å². The van der Waals surface area contributed by atoms with Crippen LogP contribution in [0.2, 0.25) is 0 Å². The number of nitrogens with zero attached hydrogens (tertiary/aromatic N) is 7. The van der Waals surface area contributed by atoms with Crippen molar-refractivity contribution in [1.82, 2.24) is 34.2 Å². The van der Waals surface area contributed by atoms with Crippen molar-refractivity contribution in [3.05, 3.63) is 34.9 Å². The molecular formula is C30H35FN10O4. The molecule has 2 saturated heterocycles. The number of fused-ring (bicyclic) bond motifs is 3. The van der Waals surface area contributed by atoms with E-state index in [1.165, 1.54) is 23.9 Å². The van der Waals surface area contributed by atoms with Crippen molar-refractivity contribution in [2.75, 3.05) is 23.9 Å². The largest absolute Gasteiger partial charge is 0.453 e. The molecule has 15 heteroatoms. The normalized spacial score (nSPS) is 33.3. The minimum absolute atomic E-state index is 0.0163. The first-order chi connectivity index (χ1) is 23.1. The number of amides is 2. The molecule has 14 nitrogen and oxygen atoms in total. The summed E-state index contributed by atoms with van der Waals surface area (Å²) >= 11 is 0. The molecule has 0 aromatic carbocycles. The minimum atomic E-state index is -2.81. The topological polar surface area (TPSA) is 167 Å². The lowest BCUT2D eigenvalue weighted by molar-refractivity contribution is -0.123. The quantitative estimate of drug-likeness (QED) is 0.281. The highest BCUT2D eigenvalue weighted by Crippen LogP contribution is 2.54. The van der Waals surface area contributed by atoms with Crippen LogP contribution in [0.25, 0.3) is 22.1 Å². The van der Waals surface area contributed by atoms with Gasteiger partial charge >= 0.3 is 11.8 Å². The van der Waals surface area contributed by atoms with Gasteiger partial charge in [-0.25, -0.2) is 28.6 Å². The summed E-state index contributed by atoms with van der Waals surface area (Å²) in [7, 11) is 1.19. The summed E-state index contributed by atoms with van der Waals surface area (Å²) in [5.41, 5.74) is 3.54. The SMILES string of the molecule is [2H]C1(NC(=O)OC)CCC(n2c(=O)n(C([2H])([2H])[2H])c3cnc(Nc4ccc5c(N6CC7(F)CC6C7)nn(C6(C(N)=O)CC6C)c5n4)cc32)C1. The van der Waals surface area contributed by atoms with Crippen molar-refractivity contribution in [2.45, 2.75) is 74.8 Å². The average Bonchev–Trinajstić information content (AvgIpc) is 3.47. The molecule has 2 bridgehead atoms. The Labute approximate surface area is 262 Å². The van der Waals surface area contributed by atoms with Gasteiger partial charge in [0.25, 0.3) is 0 Å². The van der Waals surface area contributed by atoms with Crippen LogP contribution in [-0.2, 0) is 22.0 Å². The zero-order valence-corrected chi connectivity index (χ0v) is 24.7. The number of imidazole rings is 1. The van der Waals surface area contributed by atoms with E-state index in [4.69, 9.17) is 21.3 Å². The van der Waals surface area contributed by atoms with Crippen LogP contribution in [0.4, 0.5) is 26.6 Å². The number of ether oxygens (including phenoxy) is 1. The number of carbonyl (C=O) groups is 2. The summed E-state index contributed by atoms with van der Waals surface area (Å²) in [5, 5.41) is 11.1. The molecule has 2 aliphatic heterocycles.